The Hall–Kier alpha value is -2.45. The van der Waals surface area contributed by atoms with Crippen LogP contribution in [0, 0.1) is 0 Å². The summed E-state index contributed by atoms with van der Waals surface area (Å²) in [6.07, 6.45) is 0.0960. The molecule has 1 aliphatic heterocycles. The number of benzene rings is 2. The summed E-state index contributed by atoms with van der Waals surface area (Å²) in [7, 11) is -3.61. The molecule has 0 aliphatic carbocycles. The summed E-state index contributed by atoms with van der Waals surface area (Å²) >= 11 is 5.98. The monoisotopic (exact) mass is 424 g/mol. The van der Waals surface area contributed by atoms with Crippen LogP contribution in [0.3, 0.4) is 0 Å². The predicted octanol–water partition coefficient (Wildman–Crippen LogP) is 2.58. The van der Waals surface area contributed by atoms with Crippen LogP contribution >= 0.6 is 11.6 Å². The van der Waals surface area contributed by atoms with Crippen LogP contribution in [0.2, 0.25) is 5.02 Å². The summed E-state index contributed by atoms with van der Waals surface area (Å²) in [4.78, 5) is 12.7. The van der Waals surface area contributed by atoms with Gasteiger partial charge in [-0.15, -0.1) is 0 Å². The molecule has 2 aromatic rings. The Labute approximate surface area is 169 Å². The largest absolute Gasteiger partial charge is 0.494 e. The number of amides is 1. The number of carbonyl (C=O) groups is 1. The molecule has 3 rings (SSSR count). The van der Waals surface area contributed by atoms with Crippen LogP contribution in [-0.4, -0.2) is 39.8 Å². The fraction of sp³-hybridized carbons (Fsp3) is 0.316. The van der Waals surface area contributed by atoms with Crippen LogP contribution < -0.4 is 19.1 Å². The molecule has 1 heterocycles. The van der Waals surface area contributed by atoms with E-state index in [0.29, 0.717) is 23.1 Å². The first-order valence-electron chi connectivity index (χ1n) is 8.72. The first-order valence-corrected chi connectivity index (χ1v) is 10.9. The van der Waals surface area contributed by atoms with Gasteiger partial charge in [-0.25, -0.2) is 8.42 Å². The maximum absolute atomic E-state index is 12.7. The Morgan fingerprint density at radius 2 is 2.07 bits per heavy atom. The van der Waals surface area contributed by atoms with Crippen molar-refractivity contribution >= 4 is 33.2 Å². The summed E-state index contributed by atoms with van der Waals surface area (Å²) in [6, 6.07) is 12.0. The van der Waals surface area contributed by atoms with Crippen LogP contribution in [-0.2, 0) is 21.4 Å². The van der Waals surface area contributed by atoms with Crippen molar-refractivity contribution in [2.45, 2.75) is 19.6 Å². The Morgan fingerprint density at radius 3 is 2.79 bits per heavy atom. The van der Waals surface area contributed by atoms with Gasteiger partial charge < -0.3 is 14.8 Å². The van der Waals surface area contributed by atoms with Crippen molar-refractivity contribution in [3.05, 3.63) is 53.1 Å². The molecule has 150 valence electrons. The summed E-state index contributed by atoms with van der Waals surface area (Å²) in [5, 5.41) is 3.17. The molecule has 2 aromatic carbocycles. The zero-order valence-corrected chi connectivity index (χ0v) is 17.1. The van der Waals surface area contributed by atoms with E-state index >= 15 is 0 Å². The number of ether oxygens (including phenoxy) is 2. The molecule has 0 bridgehead atoms. The van der Waals surface area contributed by atoms with Gasteiger partial charge in [0.1, 0.15) is 11.5 Å². The van der Waals surface area contributed by atoms with Crippen molar-refractivity contribution in [1.82, 2.24) is 5.32 Å². The van der Waals surface area contributed by atoms with Gasteiger partial charge in [-0.1, -0.05) is 29.8 Å². The molecule has 1 aliphatic rings. The van der Waals surface area contributed by atoms with E-state index in [9.17, 15) is 13.2 Å². The van der Waals surface area contributed by atoms with Crippen molar-refractivity contribution in [1.29, 1.82) is 0 Å². The lowest BCUT2D eigenvalue weighted by Crippen LogP contribution is -2.50. The van der Waals surface area contributed by atoms with E-state index < -0.39 is 22.0 Å². The molecule has 0 fully saturated rings. The van der Waals surface area contributed by atoms with Gasteiger partial charge in [-0.2, -0.15) is 0 Å². The van der Waals surface area contributed by atoms with Gasteiger partial charge in [0.15, 0.2) is 6.10 Å². The molecule has 0 aromatic heterocycles. The number of fused-ring (bicyclic) bond motifs is 1. The molecular formula is C19H21ClN2O5S. The third-order valence-electron chi connectivity index (χ3n) is 4.21. The lowest BCUT2D eigenvalue weighted by atomic mass is 10.2. The summed E-state index contributed by atoms with van der Waals surface area (Å²) in [5.41, 5.74) is 1.14. The average molecular weight is 425 g/mol. The number of hydrogen-bond acceptors (Lipinski definition) is 5. The van der Waals surface area contributed by atoms with Crippen LogP contribution in [0.5, 0.6) is 11.5 Å². The normalized spacial score (nSPS) is 16.1. The third kappa shape index (κ3) is 4.51. The highest BCUT2D eigenvalue weighted by Crippen LogP contribution is 2.37. The fourth-order valence-electron chi connectivity index (χ4n) is 2.92. The van der Waals surface area contributed by atoms with Gasteiger partial charge in [-0.3, -0.25) is 9.10 Å². The second-order valence-electron chi connectivity index (χ2n) is 6.27. The Morgan fingerprint density at radius 1 is 1.32 bits per heavy atom. The summed E-state index contributed by atoms with van der Waals surface area (Å²) in [5.74, 6) is 0.559. The van der Waals surface area contributed by atoms with E-state index in [1.807, 2.05) is 31.2 Å². The fourth-order valence-corrected chi connectivity index (χ4v) is 3.99. The Kier molecular flexibility index (Phi) is 6.00. The van der Waals surface area contributed by atoms with E-state index in [-0.39, 0.29) is 18.8 Å². The topological polar surface area (TPSA) is 84.9 Å². The number of carbonyl (C=O) groups excluding carboxylic acids is 1. The molecule has 0 saturated carbocycles. The van der Waals surface area contributed by atoms with Crippen LogP contribution in [0.4, 0.5) is 5.69 Å². The van der Waals surface area contributed by atoms with Crippen LogP contribution in [0.15, 0.2) is 42.5 Å². The lowest BCUT2D eigenvalue weighted by Gasteiger charge is -2.34. The SMILES string of the molecule is CCOc1ccccc1CNC(=O)[C@@H]1CN(S(C)(=O)=O)c2cc(Cl)ccc2O1. The molecule has 0 radical (unpaired) electrons. The molecule has 0 unspecified atom stereocenters. The summed E-state index contributed by atoms with van der Waals surface area (Å²) in [6.45, 7) is 2.50. The van der Waals surface area contributed by atoms with E-state index in [1.54, 1.807) is 12.1 Å². The molecular weight excluding hydrogens is 404 g/mol. The highest BCUT2D eigenvalue weighted by atomic mass is 35.5. The zero-order chi connectivity index (χ0) is 20.3. The maximum Gasteiger partial charge on any atom is 0.263 e. The lowest BCUT2D eigenvalue weighted by molar-refractivity contribution is -0.127. The molecule has 0 saturated heterocycles. The molecule has 1 N–H and O–H groups in total. The molecule has 7 nitrogen and oxygen atoms in total. The number of rotatable bonds is 6. The van der Waals surface area contributed by atoms with Gasteiger partial charge in [0.25, 0.3) is 5.91 Å². The Balaban J connectivity index is 1.77. The third-order valence-corrected chi connectivity index (χ3v) is 5.59. The van der Waals surface area contributed by atoms with Crippen LogP contribution in [0.1, 0.15) is 12.5 Å². The van der Waals surface area contributed by atoms with Crippen LogP contribution in [0.25, 0.3) is 0 Å². The number of sulfonamides is 1. The molecule has 0 spiro atoms. The van der Waals surface area contributed by atoms with E-state index in [2.05, 4.69) is 5.32 Å². The molecule has 9 heteroatoms. The smallest absolute Gasteiger partial charge is 0.263 e. The minimum absolute atomic E-state index is 0.134. The van der Waals surface area contributed by atoms with Gasteiger partial charge >= 0.3 is 0 Å². The van der Waals surface area contributed by atoms with E-state index in [0.717, 1.165) is 16.1 Å². The van der Waals surface area contributed by atoms with Crippen molar-refractivity contribution in [3.63, 3.8) is 0 Å². The van der Waals surface area contributed by atoms with E-state index in [4.69, 9.17) is 21.1 Å². The van der Waals surface area contributed by atoms with Gasteiger partial charge in [0.05, 0.1) is 25.1 Å². The quantitative estimate of drug-likeness (QED) is 0.770. The Bertz CT molecular complexity index is 980. The number of nitrogens with one attached hydrogen (secondary N) is 1. The van der Waals surface area contributed by atoms with Gasteiger partial charge in [-0.05, 0) is 31.2 Å². The average Bonchev–Trinajstić information content (AvgIpc) is 2.65. The standard InChI is InChI=1S/C19H21ClN2O5S/c1-3-26-16-7-5-4-6-13(16)11-21-19(23)18-12-22(28(2,24)25)15-10-14(20)8-9-17(15)27-18/h4-10,18H,3,11-12H2,1-2H3,(H,21,23)/t18-/m0/s1. The second-order valence-corrected chi connectivity index (χ2v) is 8.61. The maximum atomic E-state index is 12.7. The van der Waals surface area contributed by atoms with E-state index in [1.165, 1.54) is 6.07 Å². The molecule has 1 atom stereocenters. The highest BCUT2D eigenvalue weighted by Gasteiger charge is 2.35. The van der Waals surface area contributed by atoms with Gasteiger partial charge in [0, 0.05) is 17.1 Å². The van der Waals surface area contributed by atoms with Crippen molar-refractivity contribution < 1.29 is 22.7 Å². The number of para-hydroxylation sites is 1. The highest BCUT2D eigenvalue weighted by molar-refractivity contribution is 7.92. The number of hydrogen-bond donors (Lipinski definition) is 1. The van der Waals surface area contributed by atoms with Crippen molar-refractivity contribution in [3.8, 4) is 11.5 Å². The minimum atomic E-state index is -3.61. The first-order chi connectivity index (χ1) is 13.3. The van der Waals surface area contributed by atoms with Crippen molar-refractivity contribution in [2.75, 3.05) is 23.7 Å². The molecule has 28 heavy (non-hydrogen) atoms. The minimum Gasteiger partial charge on any atom is -0.494 e. The number of halogens is 1. The van der Waals surface area contributed by atoms with Crippen molar-refractivity contribution in [2.24, 2.45) is 0 Å². The van der Waals surface area contributed by atoms with Gasteiger partial charge in [0.2, 0.25) is 10.0 Å². The zero-order valence-electron chi connectivity index (χ0n) is 15.5. The number of nitrogens with zero attached hydrogens (tertiary/aromatic N) is 1. The summed E-state index contributed by atoms with van der Waals surface area (Å²) < 4.78 is 36.8. The first kappa shape index (κ1) is 20.3. The number of anilines is 1. The predicted molar refractivity (Wildman–Crippen MR) is 108 cm³/mol. The second kappa shape index (κ2) is 8.28. The molecule has 1 amide bonds.